The topological polar surface area (TPSA) is 79.4 Å². The van der Waals surface area contributed by atoms with Crippen LogP contribution >= 0.6 is 11.3 Å². The number of hydrogen-bond acceptors (Lipinski definition) is 5. The van der Waals surface area contributed by atoms with Crippen LogP contribution in [-0.2, 0) is 14.8 Å². The fourth-order valence-corrected chi connectivity index (χ4v) is 6.78. The minimum absolute atomic E-state index is 0.211. The Morgan fingerprint density at radius 1 is 1.03 bits per heavy atom. The van der Waals surface area contributed by atoms with Crippen molar-refractivity contribution in [2.75, 3.05) is 11.9 Å². The van der Waals surface area contributed by atoms with E-state index in [9.17, 15) is 13.2 Å². The molecule has 0 saturated carbocycles. The Labute approximate surface area is 197 Å². The number of benzene rings is 3. The minimum atomic E-state index is -3.76. The fourth-order valence-electron chi connectivity index (χ4n) is 4.12. The lowest BCUT2D eigenvalue weighted by molar-refractivity contribution is -0.119. The van der Waals surface area contributed by atoms with E-state index in [1.807, 2.05) is 55.5 Å². The molecule has 0 spiro atoms. The molecular weight excluding hydrogens is 454 g/mol. The molecule has 0 aliphatic carbocycles. The first-order valence-corrected chi connectivity index (χ1v) is 13.0. The number of amides is 1. The Bertz CT molecular complexity index is 1400. The first-order valence-electron chi connectivity index (χ1n) is 10.8. The molecule has 0 radical (unpaired) electrons. The van der Waals surface area contributed by atoms with Crippen LogP contribution in [0.4, 0.5) is 5.69 Å². The Morgan fingerprint density at radius 2 is 1.76 bits per heavy atom. The van der Waals surface area contributed by atoms with E-state index in [1.54, 1.807) is 35.6 Å². The van der Waals surface area contributed by atoms with Crippen LogP contribution < -0.4 is 5.32 Å². The van der Waals surface area contributed by atoms with E-state index >= 15 is 0 Å². The van der Waals surface area contributed by atoms with Gasteiger partial charge in [-0.05, 0) is 56.2 Å². The van der Waals surface area contributed by atoms with Gasteiger partial charge in [0, 0.05) is 12.1 Å². The van der Waals surface area contributed by atoms with E-state index in [-0.39, 0.29) is 10.8 Å². The largest absolute Gasteiger partial charge is 0.324 e. The van der Waals surface area contributed by atoms with Gasteiger partial charge >= 0.3 is 0 Å². The summed E-state index contributed by atoms with van der Waals surface area (Å²) in [4.78, 5) is 18.2. The highest BCUT2D eigenvalue weighted by atomic mass is 32.2. The molecule has 33 heavy (non-hydrogen) atoms. The van der Waals surface area contributed by atoms with Gasteiger partial charge in [-0.25, -0.2) is 13.4 Å². The number of carbonyl (C=O) groups excluding carboxylic acids is 1. The van der Waals surface area contributed by atoms with Gasteiger partial charge in [0.25, 0.3) is 0 Å². The lowest BCUT2D eigenvalue weighted by Crippen LogP contribution is -2.43. The minimum Gasteiger partial charge on any atom is -0.324 e. The van der Waals surface area contributed by atoms with Crippen molar-refractivity contribution in [3.05, 3.63) is 78.4 Å². The van der Waals surface area contributed by atoms with Gasteiger partial charge in [0.1, 0.15) is 11.0 Å². The molecule has 1 aliphatic rings. The monoisotopic (exact) mass is 477 g/mol. The third kappa shape index (κ3) is 4.17. The number of nitrogens with one attached hydrogen (secondary N) is 1. The number of nitrogens with zero attached hydrogens (tertiary/aromatic N) is 2. The van der Waals surface area contributed by atoms with Gasteiger partial charge in [-0.3, -0.25) is 4.79 Å². The van der Waals surface area contributed by atoms with Crippen molar-refractivity contribution in [2.24, 2.45) is 0 Å². The van der Waals surface area contributed by atoms with E-state index in [2.05, 4.69) is 5.32 Å². The Balaban J connectivity index is 1.42. The van der Waals surface area contributed by atoms with E-state index in [0.29, 0.717) is 25.1 Å². The summed E-state index contributed by atoms with van der Waals surface area (Å²) in [5.74, 6) is -0.322. The van der Waals surface area contributed by atoms with E-state index < -0.39 is 16.1 Å². The van der Waals surface area contributed by atoms with Crippen molar-refractivity contribution in [2.45, 2.75) is 30.7 Å². The zero-order chi connectivity index (χ0) is 23.0. The molecule has 6 nitrogen and oxygen atoms in total. The molecule has 2 heterocycles. The van der Waals surface area contributed by atoms with E-state index in [0.717, 1.165) is 26.4 Å². The Morgan fingerprint density at radius 3 is 2.55 bits per heavy atom. The van der Waals surface area contributed by atoms with E-state index in [1.165, 1.54) is 4.31 Å². The maximum absolute atomic E-state index is 13.3. The van der Waals surface area contributed by atoms with Crippen molar-refractivity contribution in [3.8, 4) is 10.6 Å². The fraction of sp³-hybridized carbons (Fsp3) is 0.200. The van der Waals surface area contributed by atoms with Gasteiger partial charge in [0.05, 0.1) is 20.8 Å². The molecule has 5 rings (SSSR count). The van der Waals surface area contributed by atoms with Gasteiger partial charge < -0.3 is 5.32 Å². The van der Waals surface area contributed by atoms with Crippen LogP contribution in [0, 0.1) is 6.92 Å². The summed E-state index contributed by atoms with van der Waals surface area (Å²) in [7, 11) is -3.76. The van der Waals surface area contributed by atoms with E-state index in [4.69, 9.17) is 4.98 Å². The summed E-state index contributed by atoms with van der Waals surface area (Å²) in [6, 6.07) is 21.4. The predicted octanol–water partition coefficient (Wildman–Crippen LogP) is 5.06. The normalized spacial score (nSPS) is 16.8. The second kappa shape index (κ2) is 8.70. The average Bonchev–Trinajstić information content (AvgIpc) is 3.47. The summed E-state index contributed by atoms with van der Waals surface area (Å²) in [6.07, 6.45) is 1.13. The molecule has 168 valence electrons. The molecule has 0 bridgehead atoms. The number of aromatic nitrogens is 1. The van der Waals surface area contributed by atoms with Crippen LogP contribution in [0.15, 0.2) is 77.7 Å². The highest BCUT2D eigenvalue weighted by Crippen LogP contribution is 2.35. The summed E-state index contributed by atoms with van der Waals surface area (Å²) < 4.78 is 28.9. The van der Waals surface area contributed by atoms with Crippen LogP contribution in [0.1, 0.15) is 18.4 Å². The number of sulfonamides is 1. The molecule has 1 fully saturated rings. The third-order valence-corrected chi connectivity index (χ3v) is 8.84. The molecule has 1 N–H and O–H groups in total. The van der Waals surface area contributed by atoms with Crippen molar-refractivity contribution >= 4 is 43.2 Å². The highest BCUT2D eigenvalue weighted by molar-refractivity contribution is 7.89. The standard InChI is InChI=1S/C25H23N3O3S2/c1-17-12-14-18(15-13-17)33(30,31)28-16-6-10-22(28)24(29)26-20-8-3-2-7-19(20)25-27-21-9-4-5-11-23(21)32-25/h2-5,7-9,11-15,22H,6,10,16H2,1H3,(H,26,29). The molecule has 4 aromatic rings. The third-order valence-electron chi connectivity index (χ3n) is 5.84. The molecular formula is C25H23N3O3S2. The predicted molar refractivity (Wildman–Crippen MR) is 132 cm³/mol. The van der Waals surface area contributed by atoms with Crippen molar-refractivity contribution in [3.63, 3.8) is 0 Å². The molecule has 1 aliphatic heterocycles. The second-order valence-electron chi connectivity index (χ2n) is 8.11. The number of fused-ring (bicyclic) bond motifs is 1. The number of thiazole rings is 1. The van der Waals surface area contributed by atoms with Gasteiger partial charge in [-0.1, -0.05) is 42.0 Å². The highest BCUT2D eigenvalue weighted by Gasteiger charge is 2.39. The zero-order valence-electron chi connectivity index (χ0n) is 18.1. The van der Waals surface area contributed by atoms with Gasteiger partial charge in [-0.15, -0.1) is 11.3 Å². The smallest absolute Gasteiger partial charge is 0.243 e. The summed E-state index contributed by atoms with van der Waals surface area (Å²) >= 11 is 1.56. The molecule has 1 saturated heterocycles. The number of para-hydroxylation sites is 2. The summed E-state index contributed by atoms with van der Waals surface area (Å²) in [5.41, 5.74) is 3.33. The van der Waals surface area contributed by atoms with Crippen molar-refractivity contribution < 1.29 is 13.2 Å². The van der Waals surface area contributed by atoms with Crippen molar-refractivity contribution in [1.82, 2.24) is 9.29 Å². The second-order valence-corrected chi connectivity index (χ2v) is 11.0. The molecule has 1 aromatic heterocycles. The van der Waals surface area contributed by atoms with Crippen LogP contribution in [-0.4, -0.2) is 36.2 Å². The van der Waals surface area contributed by atoms with Gasteiger partial charge in [0.15, 0.2) is 0 Å². The molecule has 1 amide bonds. The maximum atomic E-state index is 13.3. The molecule has 1 atom stereocenters. The summed E-state index contributed by atoms with van der Waals surface area (Å²) in [6.45, 7) is 2.24. The quantitative estimate of drug-likeness (QED) is 0.436. The van der Waals surface area contributed by atoms with Crippen LogP contribution in [0.3, 0.4) is 0 Å². The first-order chi connectivity index (χ1) is 15.9. The zero-order valence-corrected chi connectivity index (χ0v) is 19.7. The number of aryl methyl sites for hydroxylation is 1. The first kappa shape index (κ1) is 21.8. The number of carbonyl (C=O) groups is 1. The number of rotatable bonds is 5. The summed E-state index contributed by atoms with van der Waals surface area (Å²) in [5, 5.41) is 3.79. The lowest BCUT2D eigenvalue weighted by atomic mass is 10.1. The van der Waals surface area contributed by atoms with Gasteiger partial charge in [0.2, 0.25) is 15.9 Å². The Kier molecular flexibility index (Phi) is 5.74. The number of anilines is 1. The average molecular weight is 478 g/mol. The molecule has 1 unspecified atom stereocenters. The van der Waals surface area contributed by atoms with Crippen LogP contribution in [0.2, 0.25) is 0 Å². The Hall–Kier alpha value is -3.07. The van der Waals surface area contributed by atoms with Gasteiger partial charge in [-0.2, -0.15) is 4.31 Å². The van der Waals surface area contributed by atoms with Crippen molar-refractivity contribution in [1.29, 1.82) is 0 Å². The maximum Gasteiger partial charge on any atom is 0.243 e. The molecule has 3 aromatic carbocycles. The molecule has 8 heteroatoms. The number of hydrogen-bond donors (Lipinski definition) is 1. The van der Waals surface area contributed by atoms with Crippen LogP contribution in [0.25, 0.3) is 20.8 Å². The lowest BCUT2D eigenvalue weighted by Gasteiger charge is -2.24. The van der Waals surface area contributed by atoms with Crippen LogP contribution in [0.5, 0.6) is 0 Å². The SMILES string of the molecule is Cc1ccc(S(=O)(=O)N2CCCC2C(=O)Nc2ccccc2-c2nc3ccccc3s2)cc1.